The van der Waals surface area contributed by atoms with Crippen molar-refractivity contribution in [3.05, 3.63) is 64.1 Å². The molecule has 0 unspecified atom stereocenters. The van der Waals surface area contributed by atoms with E-state index in [0.29, 0.717) is 12.2 Å². The van der Waals surface area contributed by atoms with Gasteiger partial charge in [0.2, 0.25) is 0 Å². The van der Waals surface area contributed by atoms with Gasteiger partial charge in [0.15, 0.2) is 0 Å². The van der Waals surface area contributed by atoms with Crippen LogP contribution in [0.4, 0.5) is 5.69 Å². The van der Waals surface area contributed by atoms with Gasteiger partial charge in [0.1, 0.15) is 32.7 Å². The highest BCUT2D eigenvalue weighted by molar-refractivity contribution is 9.10. The predicted octanol–water partition coefficient (Wildman–Crippen LogP) is 0.0498. The highest BCUT2D eigenvalue weighted by atomic mass is 79.9. The number of anilines is 1. The van der Waals surface area contributed by atoms with Crippen LogP contribution >= 0.6 is 15.9 Å². The number of quaternary nitrogens is 2. The van der Waals surface area contributed by atoms with Crippen molar-refractivity contribution >= 4 is 33.4 Å². The smallest absolute Gasteiger partial charge is 0.313 e. The van der Waals surface area contributed by atoms with Crippen LogP contribution in [0.25, 0.3) is 0 Å². The maximum absolute atomic E-state index is 12.1. The molecular formula is C23H31BrN4O2+2. The van der Waals surface area contributed by atoms with Crippen LogP contribution in [0.3, 0.4) is 0 Å². The third-order valence-electron chi connectivity index (χ3n) is 5.62. The zero-order chi connectivity index (χ0) is 21.3. The average molecular weight is 475 g/mol. The molecule has 0 aromatic heterocycles. The molecule has 4 N–H and O–H groups in total. The van der Waals surface area contributed by atoms with E-state index in [2.05, 4.69) is 57.8 Å². The molecule has 1 fully saturated rings. The molecule has 6 nitrogen and oxygen atoms in total. The van der Waals surface area contributed by atoms with Gasteiger partial charge in [-0.25, -0.2) is 0 Å². The average Bonchev–Trinajstić information content (AvgIpc) is 2.77. The SMILES string of the molecule is CCc1ccc(NC(=O)C(=O)NCC[NH+]2CC[NH+](Cc3ccc(Br)cc3)CC2)cc1. The number of piperazine rings is 1. The zero-order valence-corrected chi connectivity index (χ0v) is 19.1. The summed E-state index contributed by atoms with van der Waals surface area (Å²) in [5.41, 5.74) is 3.20. The van der Waals surface area contributed by atoms with Gasteiger partial charge in [-0.1, -0.05) is 47.1 Å². The first-order valence-corrected chi connectivity index (χ1v) is 11.4. The van der Waals surface area contributed by atoms with Crippen LogP contribution in [0, 0.1) is 0 Å². The largest absolute Gasteiger partial charge is 0.342 e. The molecule has 2 aromatic carbocycles. The second-order valence-electron chi connectivity index (χ2n) is 7.81. The minimum Gasteiger partial charge on any atom is -0.342 e. The summed E-state index contributed by atoms with van der Waals surface area (Å²) >= 11 is 3.48. The Bertz CT molecular complexity index is 831. The lowest BCUT2D eigenvalue weighted by Crippen LogP contribution is -3.27. The number of rotatable bonds is 7. The van der Waals surface area contributed by atoms with Gasteiger partial charge >= 0.3 is 11.8 Å². The van der Waals surface area contributed by atoms with Crippen LogP contribution in [0.2, 0.25) is 0 Å². The van der Waals surface area contributed by atoms with Gasteiger partial charge in [0, 0.05) is 15.7 Å². The number of hydrogen-bond acceptors (Lipinski definition) is 2. The molecule has 0 spiro atoms. The van der Waals surface area contributed by atoms with Gasteiger partial charge in [-0.15, -0.1) is 0 Å². The van der Waals surface area contributed by atoms with E-state index in [1.165, 1.54) is 16.0 Å². The Labute approximate surface area is 186 Å². The van der Waals surface area contributed by atoms with Crippen LogP contribution < -0.4 is 20.4 Å². The van der Waals surface area contributed by atoms with E-state index in [4.69, 9.17) is 0 Å². The second kappa shape index (κ2) is 11.2. The Kier molecular flexibility index (Phi) is 8.42. The van der Waals surface area contributed by atoms with Crippen LogP contribution in [0.1, 0.15) is 18.1 Å². The lowest BCUT2D eigenvalue weighted by Gasteiger charge is -2.29. The Balaban J connectivity index is 1.32. The van der Waals surface area contributed by atoms with E-state index in [1.807, 2.05) is 24.3 Å². The van der Waals surface area contributed by atoms with E-state index in [9.17, 15) is 9.59 Å². The van der Waals surface area contributed by atoms with Crippen molar-refractivity contribution in [2.24, 2.45) is 0 Å². The number of benzene rings is 2. The zero-order valence-electron chi connectivity index (χ0n) is 17.5. The van der Waals surface area contributed by atoms with E-state index < -0.39 is 11.8 Å². The van der Waals surface area contributed by atoms with Crippen molar-refractivity contribution in [1.82, 2.24) is 5.32 Å². The molecule has 0 radical (unpaired) electrons. The first-order chi connectivity index (χ1) is 14.5. The number of amides is 2. The molecule has 0 saturated carbocycles. The van der Waals surface area contributed by atoms with E-state index in [-0.39, 0.29) is 0 Å². The molecule has 1 aliphatic heterocycles. The van der Waals surface area contributed by atoms with Gasteiger partial charge in [0.05, 0.1) is 13.1 Å². The number of carbonyl (C=O) groups excluding carboxylic acids is 2. The minimum atomic E-state index is -0.613. The van der Waals surface area contributed by atoms with E-state index in [0.717, 1.165) is 50.2 Å². The summed E-state index contributed by atoms with van der Waals surface area (Å²) in [4.78, 5) is 27.2. The van der Waals surface area contributed by atoms with Gasteiger partial charge in [-0.2, -0.15) is 0 Å². The first-order valence-electron chi connectivity index (χ1n) is 10.6. The van der Waals surface area contributed by atoms with E-state index in [1.54, 1.807) is 4.90 Å². The van der Waals surface area contributed by atoms with Gasteiger partial charge in [-0.3, -0.25) is 9.59 Å². The molecule has 0 bridgehead atoms. The van der Waals surface area contributed by atoms with Crippen LogP contribution in [-0.2, 0) is 22.6 Å². The second-order valence-corrected chi connectivity index (χ2v) is 8.73. The maximum atomic E-state index is 12.1. The lowest BCUT2D eigenvalue weighted by molar-refractivity contribution is -1.02. The number of aryl methyl sites for hydroxylation is 1. The predicted molar refractivity (Wildman–Crippen MR) is 122 cm³/mol. The molecule has 7 heteroatoms. The molecule has 0 atom stereocenters. The van der Waals surface area contributed by atoms with Gasteiger partial charge < -0.3 is 20.4 Å². The summed E-state index contributed by atoms with van der Waals surface area (Å²) in [6.07, 6.45) is 0.942. The molecule has 30 heavy (non-hydrogen) atoms. The maximum Gasteiger partial charge on any atom is 0.313 e. The summed E-state index contributed by atoms with van der Waals surface area (Å²) in [7, 11) is 0. The Hall–Kier alpha value is -2.22. The summed E-state index contributed by atoms with van der Waals surface area (Å²) in [6, 6.07) is 16.1. The van der Waals surface area contributed by atoms with Gasteiger partial charge in [0.25, 0.3) is 0 Å². The van der Waals surface area contributed by atoms with Crippen molar-refractivity contribution in [2.75, 3.05) is 44.6 Å². The van der Waals surface area contributed by atoms with Crippen molar-refractivity contribution in [1.29, 1.82) is 0 Å². The summed E-state index contributed by atoms with van der Waals surface area (Å²) in [6.45, 7) is 8.88. The molecular weight excluding hydrogens is 444 g/mol. The fraction of sp³-hybridized carbons (Fsp3) is 0.391. The molecule has 0 aliphatic carbocycles. The quantitative estimate of drug-likeness (QED) is 0.428. The van der Waals surface area contributed by atoms with Crippen molar-refractivity contribution in [3.8, 4) is 0 Å². The number of carbonyl (C=O) groups is 2. The number of nitrogens with one attached hydrogen (secondary N) is 4. The van der Waals surface area contributed by atoms with Crippen molar-refractivity contribution < 1.29 is 19.4 Å². The first kappa shape index (κ1) is 22.5. The Morgan fingerprint density at radius 1 is 0.867 bits per heavy atom. The molecule has 2 aromatic rings. The highest BCUT2D eigenvalue weighted by Crippen LogP contribution is 2.10. The fourth-order valence-corrected chi connectivity index (χ4v) is 3.98. The minimum absolute atomic E-state index is 0.512. The Morgan fingerprint density at radius 3 is 2.10 bits per heavy atom. The standard InChI is InChI=1S/C23H29BrN4O2/c1-2-18-5-9-21(10-6-18)26-23(30)22(29)25-11-12-27-13-15-28(16-14-27)17-19-3-7-20(24)8-4-19/h3-10H,2,11-17H2,1H3,(H,25,29)(H,26,30)/p+2. The molecule has 1 heterocycles. The van der Waals surface area contributed by atoms with Gasteiger partial charge in [-0.05, 0) is 36.2 Å². The van der Waals surface area contributed by atoms with Crippen molar-refractivity contribution in [3.63, 3.8) is 0 Å². The van der Waals surface area contributed by atoms with E-state index >= 15 is 0 Å². The monoisotopic (exact) mass is 474 g/mol. The van der Waals surface area contributed by atoms with Crippen LogP contribution in [0.5, 0.6) is 0 Å². The van der Waals surface area contributed by atoms with Crippen LogP contribution in [-0.4, -0.2) is 51.1 Å². The molecule has 1 aliphatic rings. The summed E-state index contributed by atoms with van der Waals surface area (Å²) < 4.78 is 1.11. The number of hydrogen-bond donors (Lipinski definition) is 4. The molecule has 160 valence electrons. The molecule has 3 rings (SSSR count). The summed E-state index contributed by atoms with van der Waals surface area (Å²) in [5, 5.41) is 5.40. The fourth-order valence-electron chi connectivity index (χ4n) is 3.72. The van der Waals surface area contributed by atoms with Crippen molar-refractivity contribution in [2.45, 2.75) is 19.9 Å². The molecule has 2 amide bonds. The lowest BCUT2D eigenvalue weighted by atomic mass is 10.1. The number of halogens is 1. The molecule has 1 saturated heterocycles. The topological polar surface area (TPSA) is 67.1 Å². The highest BCUT2D eigenvalue weighted by Gasteiger charge is 2.23. The Morgan fingerprint density at radius 2 is 1.47 bits per heavy atom. The third kappa shape index (κ3) is 6.93. The van der Waals surface area contributed by atoms with Crippen LogP contribution in [0.15, 0.2) is 53.0 Å². The third-order valence-corrected chi connectivity index (χ3v) is 6.15. The normalized spacial score (nSPS) is 18.6. The summed E-state index contributed by atoms with van der Waals surface area (Å²) in [5.74, 6) is -1.19.